The Balaban J connectivity index is 2.64. The Morgan fingerprint density at radius 1 is 1.47 bits per heavy atom. The number of halogens is 3. The van der Waals surface area contributed by atoms with Crippen molar-refractivity contribution < 1.29 is 18.0 Å². The summed E-state index contributed by atoms with van der Waals surface area (Å²) in [5.41, 5.74) is 0. The van der Waals surface area contributed by atoms with Crippen LogP contribution in [0.15, 0.2) is 0 Å². The molecule has 0 aromatic rings. The summed E-state index contributed by atoms with van der Waals surface area (Å²) in [5, 5.41) is 2.47. The largest absolute Gasteiger partial charge is 0.408 e. The van der Waals surface area contributed by atoms with Crippen molar-refractivity contribution in [3.05, 3.63) is 0 Å². The molecule has 0 saturated carbocycles. The van der Waals surface area contributed by atoms with Crippen molar-refractivity contribution in [1.29, 1.82) is 0 Å². The number of carbonyl (C=O) groups is 1. The van der Waals surface area contributed by atoms with Gasteiger partial charge in [0.05, 0.1) is 0 Å². The first-order valence-electron chi connectivity index (χ1n) is 4.96. The zero-order valence-corrected chi connectivity index (χ0v) is 8.77. The molecule has 1 aliphatic rings. The van der Waals surface area contributed by atoms with E-state index < -0.39 is 18.2 Å². The van der Waals surface area contributed by atoms with Crippen molar-refractivity contribution in [2.24, 2.45) is 0 Å². The molecular weight excluding hydrogens is 209 g/mol. The molecular formula is C9H15F3N2O. The van der Waals surface area contributed by atoms with Crippen LogP contribution in [0.3, 0.4) is 0 Å². The molecule has 1 rings (SSSR count). The van der Waals surface area contributed by atoms with Crippen molar-refractivity contribution in [2.75, 3.05) is 6.54 Å². The third-order valence-corrected chi connectivity index (χ3v) is 2.30. The smallest absolute Gasteiger partial charge is 0.336 e. The van der Waals surface area contributed by atoms with Gasteiger partial charge >= 0.3 is 12.2 Å². The number of amides is 2. The Morgan fingerprint density at radius 3 is 2.53 bits per heavy atom. The molecule has 1 aliphatic heterocycles. The van der Waals surface area contributed by atoms with E-state index in [9.17, 15) is 18.0 Å². The fraction of sp³-hybridized carbons (Fsp3) is 0.889. The highest BCUT2D eigenvalue weighted by molar-refractivity contribution is 5.75. The number of hydrogen-bond donors (Lipinski definition) is 1. The molecule has 0 unspecified atom stereocenters. The van der Waals surface area contributed by atoms with Crippen LogP contribution in [0, 0.1) is 0 Å². The van der Waals surface area contributed by atoms with E-state index in [2.05, 4.69) is 5.32 Å². The first-order valence-corrected chi connectivity index (χ1v) is 4.96. The van der Waals surface area contributed by atoms with Crippen LogP contribution in [-0.4, -0.2) is 35.7 Å². The molecule has 1 heterocycles. The molecule has 1 fully saturated rings. The predicted octanol–water partition coefficient (Wildman–Crippen LogP) is 2.13. The maximum atomic E-state index is 12.5. The van der Waals surface area contributed by atoms with Crippen molar-refractivity contribution >= 4 is 6.03 Å². The molecule has 0 bridgehead atoms. The molecule has 0 aromatic carbocycles. The summed E-state index contributed by atoms with van der Waals surface area (Å²) in [6, 6.07) is -2.38. The monoisotopic (exact) mass is 224 g/mol. The minimum atomic E-state index is -4.31. The molecule has 1 N–H and O–H groups in total. The van der Waals surface area contributed by atoms with E-state index >= 15 is 0 Å². The lowest BCUT2D eigenvalue weighted by Crippen LogP contribution is -2.50. The predicted molar refractivity (Wildman–Crippen MR) is 49.5 cm³/mol. The number of nitrogens with one attached hydrogen (secondary N) is 1. The third kappa shape index (κ3) is 3.00. The molecule has 1 saturated heterocycles. The highest BCUT2D eigenvalue weighted by Crippen LogP contribution is 2.32. The lowest BCUT2D eigenvalue weighted by molar-refractivity contribution is -0.169. The minimum absolute atomic E-state index is 0.00894. The Morgan fingerprint density at radius 2 is 2.07 bits per heavy atom. The Labute approximate surface area is 86.6 Å². The maximum absolute atomic E-state index is 12.5. The molecule has 0 aromatic heterocycles. The van der Waals surface area contributed by atoms with Gasteiger partial charge in [0.2, 0.25) is 0 Å². The molecule has 88 valence electrons. The fourth-order valence-corrected chi connectivity index (χ4v) is 1.68. The number of likely N-dealkylation sites (tertiary alicyclic amines) is 1. The quantitative estimate of drug-likeness (QED) is 0.727. The van der Waals surface area contributed by atoms with Gasteiger partial charge in [0.1, 0.15) is 6.04 Å². The van der Waals surface area contributed by atoms with Crippen molar-refractivity contribution in [3.63, 3.8) is 0 Å². The Hall–Kier alpha value is -0.940. The lowest BCUT2D eigenvalue weighted by Gasteiger charge is -2.27. The van der Waals surface area contributed by atoms with E-state index in [0.29, 0.717) is 6.42 Å². The summed E-state index contributed by atoms with van der Waals surface area (Å²) in [7, 11) is 0. The number of alkyl halides is 3. The van der Waals surface area contributed by atoms with Crippen LogP contribution in [0.2, 0.25) is 0 Å². The molecule has 2 amide bonds. The molecule has 3 nitrogen and oxygen atoms in total. The molecule has 0 aliphatic carbocycles. The van der Waals surface area contributed by atoms with Gasteiger partial charge in [-0.2, -0.15) is 13.2 Å². The summed E-state index contributed by atoms with van der Waals surface area (Å²) in [4.78, 5) is 12.3. The topological polar surface area (TPSA) is 32.3 Å². The lowest BCUT2D eigenvalue weighted by atomic mass is 10.2. The summed E-state index contributed by atoms with van der Waals surface area (Å²) in [6.07, 6.45) is -3.89. The molecule has 0 spiro atoms. The number of rotatable bonds is 1. The van der Waals surface area contributed by atoms with Gasteiger partial charge in [-0.15, -0.1) is 0 Å². The van der Waals surface area contributed by atoms with Crippen molar-refractivity contribution in [2.45, 2.75) is 44.9 Å². The highest BCUT2D eigenvalue weighted by atomic mass is 19.4. The molecule has 1 atom stereocenters. The van der Waals surface area contributed by atoms with Gasteiger partial charge in [-0.25, -0.2) is 4.79 Å². The first-order chi connectivity index (χ1) is 6.82. The third-order valence-electron chi connectivity index (χ3n) is 2.30. The van der Waals surface area contributed by atoms with Crippen molar-refractivity contribution in [3.8, 4) is 0 Å². The summed E-state index contributed by atoms with van der Waals surface area (Å²) in [5.74, 6) is 0. The molecule has 15 heavy (non-hydrogen) atoms. The van der Waals surface area contributed by atoms with Crippen LogP contribution in [-0.2, 0) is 0 Å². The normalized spacial score (nSPS) is 22.3. The summed E-state index contributed by atoms with van der Waals surface area (Å²) in [6.45, 7) is 3.62. The van der Waals surface area contributed by atoms with Gasteiger partial charge in [-0.1, -0.05) is 0 Å². The number of urea groups is 1. The molecule has 6 heteroatoms. The first kappa shape index (κ1) is 12.1. The van der Waals surface area contributed by atoms with Crippen molar-refractivity contribution in [1.82, 2.24) is 10.2 Å². The van der Waals surface area contributed by atoms with E-state index in [1.54, 1.807) is 13.8 Å². The molecule has 0 radical (unpaired) electrons. The average Bonchev–Trinajstić information content (AvgIpc) is 2.48. The maximum Gasteiger partial charge on any atom is 0.408 e. The highest BCUT2D eigenvalue weighted by Gasteiger charge is 2.47. The number of carbonyl (C=O) groups excluding carboxylic acids is 1. The van der Waals surface area contributed by atoms with Crippen LogP contribution >= 0.6 is 0 Å². The fourth-order valence-electron chi connectivity index (χ4n) is 1.68. The average molecular weight is 224 g/mol. The van der Waals surface area contributed by atoms with E-state index in [1.165, 1.54) is 0 Å². The second-order valence-corrected chi connectivity index (χ2v) is 4.00. The van der Waals surface area contributed by atoms with Crippen LogP contribution in [0.1, 0.15) is 26.7 Å². The second kappa shape index (κ2) is 4.28. The van der Waals surface area contributed by atoms with Crippen LogP contribution in [0.4, 0.5) is 18.0 Å². The van der Waals surface area contributed by atoms with Gasteiger partial charge in [0.15, 0.2) is 0 Å². The van der Waals surface area contributed by atoms with E-state index in [4.69, 9.17) is 0 Å². The van der Waals surface area contributed by atoms with Gasteiger partial charge in [0, 0.05) is 12.6 Å². The van der Waals surface area contributed by atoms with Crippen LogP contribution in [0.5, 0.6) is 0 Å². The second-order valence-electron chi connectivity index (χ2n) is 4.00. The minimum Gasteiger partial charge on any atom is -0.336 e. The summed E-state index contributed by atoms with van der Waals surface area (Å²) < 4.78 is 37.5. The number of nitrogens with zero attached hydrogens (tertiary/aromatic N) is 1. The number of hydrogen-bond acceptors (Lipinski definition) is 1. The summed E-state index contributed by atoms with van der Waals surface area (Å²) >= 11 is 0. The van der Waals surface area contributed by atoms with Gasteiger partial charge in [-0.05, 0) is 26.7 Å². The van der Waals surface area contributed by atoms with E-state index in [0.717, 1.165) is 4.90 Å². The van der Waals surface area contributed by atoms with Crippen LogP contribution < -0.4 is 5.32 Å². The van der Waals surface area contributed by atoms with E-state index in [1.807, 2.05) is 0 Å². The van der Waals surface area contributed by atoms with E-state index in [-0.39, 0.29) is 19.0 Å². The van der Waals surface area contributed by atoms with Crippen LogP contribution in [0.25, 0.3) is 0 Å². The SMILES string of the molecule is CC(C)NC(=O)N1CCC[C@H]1C(F)(F)F. The van der Waals surface area contributed by atoms with Gasteiger partial charge < -0.3 is 10.2 Å². The Bertz CT molecular complexity index is 240. The standard InChI is InChI=1S/C9H15F3N2O/c1-6(2)13-8(15)14-5-3-4-7(14)9(10,11)12/h6-7H,3-5H2,1-2H3,(H,13,15)/t7-/m0/s1. The van der Waals surface area contributed by atoms with Gasteiger partial charge in [-0.3, -0.25) is 0 Å². The Kier molecular flexibility index (Phi) is 3.46. The zero-order valence-electron chi connectivity index (χ0n) is 8.77. The zero-order chi connectivity index (χ0) is 11.6. The van der Waals surface area contributed by atoms with Gasteiger partial charge in [0.25, 0.3) is 0 Å².